The molecule has 1 amide bonds. The Balaban J connectivity index is 2.47. The molecule has 94 valence electrons. The number of carbonyl (C=O) groups is 1. The first-order chi connectivity index (χ1) is 8.04. The zero-order chi connectivity index (χ0) is 12.8. The Morgan fingerprint density at radius 2 is 1.76 bits per heavy atom. The van der Waals surface area contributed by atoms with E-state index in [1.807, 2.05) is 0 Å². The fourth-order valence-electron chi connectivity index (χ4n) is 1.96. The molecule has 0 spiro atoms. The summed E-state index contributed by atoms with van der Waals surface area (Å²) in [4.78, 5) is 11.0. The number of hydrogen-bond donors (Lipinski definition) is 2. The van der Waals surface area contributed by atoms with Gasteiger partial charge in [0.25, 0.3) is 0 Å². The molecule has 0 radical (unpaired) electrons. The number of unbranched alkanes of at least 4 members (excludes halogenated alkanes) is 1. The van der Waals surface area contributed by atoms with Gasteiger partial charge in [-0.2, -0.15) is 0 Å². The number of aryl methyl sites for hydroxylation is 4. The number of amides is 1. The molecule has 1 aromatic rings. The topological polar surface area (TPSA) is 55.1 Å². The molecule has 1 aromatic carbocycles. The van der Waals surface area contributed by atoms with Crippen LogP contribution in [-0.2, 0) is 11.2 Å². The van der Waals surface area contributed by atoms with Crippen molar-refractivity contribution in [3.05, 3.63) is 34.4 Å². The van der Waals surface area contributed by atoms with Gasteiger partial charge in [-0.1, -0.05) is 12.1 Å². The number of nitrogens with one attached hydrogen (secondary N) is 1. The van der Waals surface area contributed by atoms with Crippen molar-refractivity contribution in [2.75, 3.05) is 0 Å². The second-order valence-corrected chi connectivity index (χ2v) is 4.64. The summed E-state index contributed by atoms with van der Waals surface area (Å²) >= 11 is 0. The first-order valence-corrected chi connectivity index (χ1v) is 6.10. The third kappa shape index (κ3) is 4.19. The van der Waals surface area contributed by atoms with Gasteiger partial charge < -0.3 is 0 Å². The van der Waals surface area contributed by atoms with Crippen LogP contribution in [0.25, 0.3) is 0 Å². The highest BCUT2D eigenvalue weighted by Crippen LogP contribution is 2.17. The number of rotatable bonds is 5. The average molecular weight is 234 g/mol. The molecule has 0 aromatic heterocycles. The van der Waals surface area contributed by atoms with E-state index < -0.39 is 0 Å². The van der Waals surface area contributed by atoms with Crippen molar-refractivity contribution in [3.63, 3.8) is 0 Å². The minimum atomic E-state index is -0.0817. The smallest absolute Gasteiger partial charge is 0.233 e. The number of hydrogen-bond acceptors (Lipinski definition) is 2. The van der Waals surface area contributed by atoms with E-state index in [-0.39, 0.29) is 5.91 Å². The molecule has 3 nitrogen and oxygen atoms in total. The van der Waals surface area contributed by atoms with Gasteiger partial charge in [0, 0.05) is 6.42 Å². The summed E-state index contributed by atoms with van der Waals surface area (Å²) in [6.07, 6.45) is 3.46. The molecule has 0 aliphatic heterocycles. The van der Waals surface area contributed by atoms with Crippen molar-refractivity contribution < 1.29 is 4.79 Å². The van der Waals surface area contributed by atoms with E-state index >= 15 is 0 Å². The fraction of sp³-hybridized carbons (Fsp3) is 0.500. The number of carbonyl (C=O) groups excluding carboxylic acids is 1. The lowest BCUT2D eigenvalue weighted by molar-refractivity contribution is -0.121. The molecule has 0 saturated carbocycles. The van der Waals surface area contributed by atoms with E-state index in [1.54, 1.807) is 0 Å². The second-order valence-electron chi connectivity index (χ2n) is 4.64. The molecular formula is C14H22N2O. The van der Waals surface area contributed by atoms with E-state index in [0.717, 1.165) is 19.3 Å². The quantitative estimate of drug-likeness (QED) is 0.355. The third-order valence-electron chi connectivity index (χ3n) is 3.21. The Bertz CT molecular complexity index is 399. The van der Waals surface area contributed by atoms with Crippen molar-refractivity contribution in [2.45, 2.75) is 46.5 Å². The van der Waals surface area contributed by atoms with Crippen LogP contribution < -0.4 is 11.3 Å². The molecular weight excluding hydrogens is 212 g/mol. The van der Waals surface area contributed by atoms with Crippen molar-refractivity contribution >= 4 is 5.91 Å². The van der Waals surface area contributed by atoms with Crippen LogP contribution in [0.15, 0.2) is 12.1 Å². The summed E-state index contributed by atoms with van der Waals surface area (Å²) in [7, 11) is 0. The van der Waals surface area contributed by atoms with Gasteiger partial charge in [0.2, 0.25) is 5.91 Å². The van der Waals surface area contributed by atoms with Gasteiger partial charge >= 0.3 is 0 Å². The van der Waals surface area contributed by atoms with Crippen LogP contribution in [0.5, 0.6) is 0 Å². The molecule has 0 heterocycles. The van der Waals surface area contributed by atoms with Crippen molar-refractivity contribution in [1.29, 1.82) is 0 Å². The first-order valence-electron chi connectivity index (χ1n) is 6.10. The van der Waals surface area contributed by atoms with Gasteiger partial charge in [-0.05, 0) is 62.3 Å². The molecule has 0 saturated heterocycles. The van der Waals surface area contributed by atoms with Crippen LogP contribution in [0.1, 0.15) is 41.5 Å². The Hall–Kier alpha value is -1.35. The van der Waals surface area contributed by atoms with Gasteiger partial charge in [0.1, 0.15) is 0 Å². The normalized spacial score (nSPS) is 10.4. The monoisotopic (exact) mass is 234 g/mol. The van der Waals surface area contributed by atoms with Crippen LogP contribution in [0, 0.1) is 20.8 Å². The van der Waals surface area contributed by atoms with Crippen molar-refractivity contribution in [3.8, 4) is 0 Å². The minimum Gasteiger partial charge on any atom is -0.294 e. The van der Waals surface area contributed by atoms with Crippen molar-refractivity contribution in [2.24, 2.45) is 5.84 Å². The van der Waals surface area contributed by atoms with Gasteiger partial charge in [0.05, 0.1) is 0 Å². The molecule has 0 aliphatic rings. The van der Waals surface area contributed by atoms with E-state index in [9.17, 15) is 4.79 Å². The highest BCUT2D eigenvalue weighted by Gasteiger charge is 2.03. The summed E-state index contributed by atoms with van der Waals surface area (Å²) in [6.45, 7) is 6.42. The zero-order valence-corrected chi connectivity index (χ0v) is 11.0. The summed E-state index contributed by atoms with van der Waals surface area (Å²) in [5, 5.41) is 0. The van der Waals surface area contributed by atoms with Gasteiger partial charge in [-0.15, -0.1) is 0 Å². The van der Waals surface area contributed by atoms with Crippen LogP contribution in [0.2, 0.25) is 0 Å². The number of nitrogens with two attached hydrogens (primary N) is 1. The third-order valence-corrected chi connectivity index (χ3v) is 3.21. The summed E-state index contributed by atoms with van der Waals surface area (Å²) in [5.41, 5.74) is 7.57. The Labute approximate surface area is 103 Å². The maximum absolute atomic E-state index is 11.0. The van der Waals surface area contributed by atoms with E-state index in [4.69, 9.17) is 5.84 Å². The summed E-state index contributed by atoms with van der Waals surface area (Å²) in [6, 6.07) is 4.49. The molecule has 3 N–H and O–H groups in total. The molecule has 17 heavy (non-hydrogen) atoms. The fourth-order valence-corrected chi connectivity index (χ4v) is 1.96. The molecule has 0 aliphatic carbocycles. The van der Waals surface area contributed by atoms with Gasteiger partial charge in [-0.25, -0.2) is 5.84 Å². The lowest BCUT2D eigenvalue weighted by atomic mass is 9.97. The van der Waals surface area contributed by atoms with Crippen molar-refractivity contribution in [1.82, 2.24) is 5.43 Å². The Morgan fingerprint density at radius 1 is 1.12 bits per heavy atom. The number of benzene rings is 1. The van der Waals surface area contributed by atoms with E-state index in [0.29, 0.717) is 6.42 Å². The van der Waals surface area contributed by atoms with Crippen LogP contribution in [-0.4, -0.2) is 5.91 Å². The maximum atomic E-state index is 11.0. The first kappa shape index (κ1) is 13.7. The van der Waals surface area contributed by atoms with Crippen LogP contribution >= 0.6 is 0 Å². The molecule has 0 unspecified atom stereocenters. The zero-order valence-electron chi connectivity index (χ0n) is 11.0. The van der Waals surface area contributed by atoms with E-state index in [2.05, 4.69) is 38.3 Å². The van der Waals surface area contributed by atoms with E-state index in [1.165, 1.54) is 22.3 Å². The minimum absolute atomic E-state index is 0.0817. The molecule has 0 bridgehead atoms. The highest BCUT2D eigenvalue weighted by atomic mass is 16.2. The highest BCUT2D eigenvalue weighted by molar-refractivity contribution is 5.75. The Morgan fingerprint density at radius 3 is 2.41 bits per heavy atom. The average Bonchev–Trinajstić information content (AvgIpc) is 2.30. The summed E-state index contributed by atoms with van der Waals surface area (Å²) in [5.74, 6) is 4.94. The lowest BCUT2D eigenvalue weighted by Crippen LogP contribution is -2.29. The van der Waals surface area contributed by atoms with Gasteiger partial charge in [0.15, 0.2) is 0 Å². The SMILES string of the molecule is Cc1cc(C)c(CCCCC(=O)NN)cc1C. The molecule has 0 atom stereocenters. The van der Waals surface area contributed by atoms with Crippen LogP contribution in [0.3, 0.4) is 0 Å². The Kier molecular flexibility index (Phi) is 5.16. The van der Waals surface area contributed by atoms with Crippen LogP contribution in [0.4, 0.5) is 0 Å². The standard InChI is InChI=1S/C14H22N2O/c1-10-8-12(3)13(9-11(10)2)6-4-5-7-14(17)16-15/h8-9H,4-7,15H2,1-3H3,(H,16,17). The second kappa shape index (κ2) is 6.40. The number of hydrazine groups is 1. The predicted molar refractivity (Wildman–Crippen MR) is 70.5 cm³/mol. The van der Waals surface area contributed by atoms with Gasteiger partial charge in [-0.3, -0.25) is 10.2 Å². The molecule has 0 fully saturated rings. The lowest BCUT2D eigenvalue weighted by Gasteiger charge is -2.09. The maximum Gasteiger partial charge on any atom is 0.233 e. The molecule has 1 rings (SSSR count). The summed E-state index contributed by atoms with van der Waals surface area (Å²) < 4.78 is 0. The predicted octanol–water partition coefficient (Wildman–Crippen LogP) is 2.31. The molecule has 3 heteroatoms. The largest absolute Gasteiger partial charge is 0.294 e.